The molecule has 0 saturated heterocycles. The van der Waals surface area contributed by atoms with Gasteiger partial charge in [0.1, 0.15) is 5.75 Å². The highest BCUT2D eigenvalue weighted by Crippen LogP contribution is 2.38. The average molecular weight is 442 g/mol. The fourth-order valence-corrected chi connectivity index (χ4v) is 2.68. The standard InChI is InChI=1S/C16H16BrN3O7/c1-9(25-8-10-4-3-5-14(19-10)27-16(18)21)26-11-6-12(17)15(24-2)13(7-11)20(22)23/h3-7,9H,8H2,1-2H3,(H2,18,21). The summed E-state index contributed by atoms with van der Waals surface area (Å²) in [6.07, 6.45) is -1.71. The number of hydrogen-bond acceptors (Lipinski definition) is 8. The van der Waals surface area contributed by atoms with Crippen LogP contribution < -0.4 is 19.9 Å². The van der Waals surface area contributed by atoms with E-state index in [4.69, 9.17) is 19.9 Å². The van der Waals surface area contributed by atoms with Crippen LogP contribution in [-0.2, 0) is 11.3 Å². The number of ether oxygens (including phenoxy) is 4. The number of aromatic nitrogens is 1. The van der Waals surface area contributed by atoms with Gasteiger partial charge in [0.05, 0.1) is 34.9 Å². The van der Waals surface area contributed by atoms with Crippen LogP contribution in [0.5, 0.6) is 17.4 Å². The van der Waals surface area contributed by atoms with E-state index in [0.717, 1.165) is 0 Å². The predicted molar refractivity (Wildman–Crippen MR) is 96.7 cm³/mol. The molecule has 11 heteroatoms. The number of methoxy groups -OCH3 is 1. The Kier molecular flexibility index (Phi) is 6.91. The van der Waals surface area contributed by atoms with E-state index in [-0.39, 0.29) is 29.7 Å². The van der Waals surface area contributed by atoms with Gasteiger partial charge in [-0.05, 0) is 35.0 Å². The Morgan fingerprint density at radius 3 is 2.78 bits per heavy atom. The lowest BCUT2D eigenvalue weighted by Gasteiger charge is -2.16. The fourth-order valence-electron chi connectivity index (χ4n) is 2.09. The van der Waals surface area contributed by atoms with Crippen molar-refractivity contribution in [3.05, 3.63) is 50.6 Å². The zero-order chi connectivity index (χ0) is 20.0. The quantitative estimate of drug-likeness (QED) is 0.374. The SMILES string of the molecule is COc1c(Br)cc(OC(C)OCc2cccc(OC(N)=O)n2)cc1[N+](=O)[O-]. The Bertz CT molecular complexity index is 847. The van der Waals surface area contributed by atoms with Crippen molar-refractivity contribution in [1.29, 1.82) is 0 Å². The molecule has 2 N–H and O–H groups in total. The van der Waals surface area contributed by atoms with Gasteiger partial charge in [0.25, 0.3) is 0 Å². The topological polar surface area (TPSA) is 136 Å². The lowest BCUT2D eigenvalue weighted by molar-refractivity contribution is -0.385. The van der Waals surface area contributed by atoms with E-state index in [0.29, 0.717) is 10.2 Å². The summed E-state index contributed by atoms with van der Waals surface area (Å²) in [5.74, 6) is 0.365. The number of hydrogen-bond donors (Lipinski definition) is 1. The molecule has 0 aliphatic heterocycles. The van der Waals surface area contributed by atoms with Gasteiger partial charge in [-0.15, -0.1) is 0 Å². The lowest BCUT2D eigenvalue weighted by Crippen LogP contribution is -2.18. The van der Waals surface area contributed by atoms with Crippen molar-refractivity contribution in [1.82, 2.24) is 4.98 Å². The minimum Gasteiger partial charge on any atom is -0.489 e. The number of carbonyl (C=O) groups excluding carboxylic acids is 1. The number of pyridine rings is 1. The first-order valence-corrected chi connectivity index (χ1v) is 8.33. The first-order valence-electron chi connectivity index (χ1n) is 7.53. The molecule has 1 atom stereocenters. The number of nitro benzene ring substituents is 1. The van der Waals surface area contributed by atoms with Crippen LogP contribution in [-0.4, -0.2) is 29.4 Å². The summed E-state index contributed by atoms with van der Waals surface area (Å²) in [6, 6.07) is 7.53. The molecule has 1 amide bonds. The molecule has 0 radical (unpaired) electrons. The van der Waals surface area contributed by atoms with Gasteiger partial charge in [0, 0.05) is 6.07 Å². The van der Waals surface area contributed by atoms with E-state index in [1.54, 1.807) is 19.1 Å². The molecular formula is C16H16BrN3O7. The van der Waals surface area contributed by atoms with Crippen molar-refractivity contribution in [2.75, 3.05) is 7.11 Å². The minimum atomic E-state index is -0.969. The van der Waals surface area contributed by atoms with Gasteiger partial charge >= 0.3 is 11.8 Å². The maximum absolute atomic E-state index is 11.2. The molecule has 0 spiro atoms. The second-order valence-corrected chi connectivity index (χ2v) is 5.95. The molecular weight excluding hydrogens is 426 g/mol. The summed E-state index contributed by atoms with van der Waals surface area (Å²) in [4.78, 5) is 25.4. The van der Waals surface area contributed by atoms with E-state index in [9.17, 15) is 14.9 Å². The largest absolute Gasteiger partial charge is 0.489 e. The zero-order valence-corrected chi connectivity index (χ0v) is 16.0. The number of amides is 1. The van der Waals surface area contributed by atoms with Gasteiger partial charge in [0.2, 0.25) is 11.6 Å². The first kappa shape index (κ1) is 20.4. The third-order valence-corrected chi connectivity index (χ3v) is 3.74. The van der Waals surface area contributed by atoms with Crippen molar-refractivity contribution < 1.29 is 28.7 Å². The monoisotopic (exact) mass is 441 g/mol. The van der Waals surface area contributed by atoms with Gasteiger partial charge in [-0.3, -0.25) is 10.1 Å². The van der Waals surface area contributed by atoms with Gasteiger partial charge < -0.3 is 24.7 Å². The highest BCUT2D eigenvalue weighted by molar-refractivity contribution is 9.10. The maximum atomic E-state index is 11.2. The smallest absolute Gasteiger partial charge is 0.411 e. The van der Waals surface area contributed by atoms with Crippen molar-refractivity contribution in [2.45, 2.75) is 19.8 Å². The molecule has 0 fully saturated rings. The number of carbonyl (C=O) groups is 1. The molecule has 2 aromatic rings. The molecule has 144 valence electrons. The number of halogens is 1. The summed E-state index contributed by atoms with van der Waals surface area (Å²) in [7, 11) is 1.34. The highest BCUT2D eigenvalue weighted by Gasteiger charge is 2.21. The van der Waals surface area contributed by atoms with Crippen LogP contribution in [0.3, 0.4) is 0 Å². The van der Waals surface area contributed by atoms with E-state index in [1.807, 2.05) is 0 Å². The minimum absolute atomic E-state index is 0.0480. The average Bonchev–Trinajstić information content (AvgIpc) is 2.59. The summed E-state index contributed by atoms with van der Waals surface area (Å²) in [6.45, 7) is 1.67. The third-order valence-electron chi connectivity index (χ3n) is 3.15. The summed E-state index contributed by atoms with van der Waals surface area (Å²) >= 11 is 3.21. The van der Waals surface area contributed by atoms with Gasteiger partial charge in [-0.2, -0.15) is 0 Å². The fraction of sp³-hybridized carbons (Fsp3) is 0.250. The second-order valence-electron chi connectivity index (χ2n) is 5.10. The zero-order valence-electron chi connectivity index (χ0n) is 14.4. The van der Waals surface area contributed by atoms with E-state index in [2.05, 4.69) is 25.7 Å². The molecule has 0 saturated carbocycles. The molecule has 10 nitrogen and oxygen atoms in total. The van der Waals surface area contributed by atoms with Crippen LogP contribution >= 0.6 is 15.9 Å². The second kappa shape index (κ2) is 9.14. The van der Waals surface area contributed by atoms with Crippen LogP contribution in [0.15, 0.2) is 34.8 Å². The number of nitrogens with two attached hydrogens (primary N) is 1. The van der Waals surface area contributed by atoms with Gasteiger partial charge in [-0.1, -0.05) is 6.07 Å². The first-order chi connectivity index (χ1) is 12.8. The number of rotatable bonds is 8. The number of primary amides is 1. The Balaban J connectivity index is 2.03. The van der Waals surface area contributed by atoms with Crippen LogP contribution in [0.25, 0.3) is 0 Å². The van der Waals surface area contributed by atoms with Gasteiger partial charge in [-0.25, -0.2) is 9.78 Å². The highest BCUT2D eigenvalue weighted by atomic mass is 79.9. The van der Waals surface area contributed by atoms with E-state index >= 15 is 0 Å². The van der Waals surface area contributed by atoms with Crippen molar-refractivity contribution in [3.63, 3.8) is 0 Å². The lowest BCUT2D eigenvalue weighted by atomic mass is 10.3. The van der Waals surface area contributed by atoms with Crippen molar-refractivity contribution in [3.8, 4) is 17.4 Å². The molecule has 2 rings (SSSR count). The van der Waals surface area contributed by atoms with E-state index in [1.165, 1.54) is 25.3 Å². The molecule has 1 unspecified atom stereocenters. The van der Waals surface area contributed by atoms with Crippen molar-refractivity contribution in [2.24, 2.45) is 5.73 Å². The van der Waals surface area contributed by atoms with E-state index < -0.39 is 17.3 Å². The third kappa shape index (κ3) is 5.79. The molecule has 1 heterocycles. The molecule has 27 heavy (non-hydrogen) atoms. The normalized spacial score (nSPS) is 11.5. The van der Waals surface area contributed by atoms with Gasteiger partial charge in [0.15, 0.2) is 6.29 Å². The summed E-state index contributed by atoms with van der Waals surface area (Å²) in [5.41, 5.74) is 5.17. The van der Waals surface area contributed by atoms with Crippen molar-refractivity contribution >= 4 is 27.7 Å². The molecule has 0 aliphatic carbocycles. The van der Waals surface area contributed by atoms with Crippen LogP contribution in [0.4, 0.5) is 10.5 Å². The maximum Gasteiger partial charge on any atom is 0.411 e. The predicted octanol–water partition coefficient (Wildman–Crippen LogP) is 3.16. The Morgan fingerprint density at radius 1 is 1.41 bits per heavy atom. The number of benzene rings is 1. The Morgan fingerprint density at radius 2 is 2.15 bits per heavy atom. The molecule has 0 bridgehead atoms. The van der Waals surface area contributed by atoms with Crippen LogP contribution in [0, 0.1) is 10.1 Å². The van der Waals surface area contributed by atoms with Crippen LogP contribution in [0.2, 0.25) is 0 Å². The molecule has 1 aromatic heterocycles. The Hall–Kier alpha value is -2.92. The number of nitrogens with zero attached hydrogens (tertiary/aromatic N) is 2. The number of nitro groups is 1. The molecule has 1 aromatic carbocycles. The summed E-state index contributed by atoms with van der Waals surface area (Å²) in [5, 5.41) is 11.2. The Labute approximate surface area is 162 Å². The molecule has 0 aliphatic rings. The summed E-state index contributed by atoms with van der Waals surface area (Å²) < 4.78 is 21.1. The van der Waals surface area contributed by atoms with Crippen LogP contribution in [0.1, 0.15) is 12.6 Å².